The van der Waals surface area contributed by atoms with Gasteiger partial charge in [-0.15, -0.1) is 0 Å². The molecule has 10 nitrogen and oxygen atoms in total. The minimum absolute atomic E-state index is 0.129. The molecule has 3 amide bonds. The topological polar surface area (TPSA) is 97.6 Å². The number of carbonyl (C=O) groups is 2. The molecule has 2 aromatic rings. The van der Waals surface area contributed by atoms with Gasteiger partial charge in [0.2, 0.25) is 6.79 Å². The lowest BCUT2D eigenvalue weighted by Gasteiger charge is -2.30. The number of hydrogen-bond donors (Lipinski definition) is 1. The van der Waals surface area contributed by atoms with Crippen molar-refractivity contribution in [1.29, 1.82) is 0 Å². The largest absolute Gasteiger partial charge is 0.454 e. The number of ether oxygens (including phenoxy) is 3. The van der Waals surface area contributed by atoms with E-state index in [-0.39, 0.29) is 37.9 Å². The third-order valence-corrected chi connectivity index (χ3v) is 5.85. The first kappa shape index (κ1) is 24.6. The Kier molecular flexibility index (Phi) is 7.02. The minimum Gasteiger partial charge on any atom is -0.454 e. The van der Waals surface area contributed by atoms with E-state index in [1.165, 1.54) is 9.91 Å². The van der Waals surface area contributed by atoms with Gasteiger partial charge in [-0.3, -0.25) is 4.79 Å². The summed E-state index contributed by atoms with van der Waals surface area (Å²) in [5.74, 6) is 1.04. The van der Waals surface area contributed by atoms with Gasteiger partial charge >= 0.3 is 6.03 Å². The van der Waals surface area contributed by atoms with Crippen LogP contribution in [0, 0.1) is 0 Å². The number of hydrazone groups is 1. The molecule has 3 heterocycles. The van der Waals surface area contributed by atoms with E-state index in [4.69, 9.17) is 19.3 Å². The van der Waals surface area contributed by atoms with Gasteiger partial charge in [0, 0.05) is 38.9 Å². The summed E-state index contributed by atoms with van der Waals surface area (Å²) in [6, 6.07) is 8.93. The highest BCUT2D eigenvalue weighted by atomic mass is 16.7. The molecule has 2 aliphatic rings. The number of rotatable bonds is 7. The number of nitrogens with zero attached hydrogens (tertiary/aromatic N) is 4. The van der Waals surface area contributed by atoms with Crippen molar-refractivity contribution in [2.45, 2.75) is 38.8 Å². The van der Waals surface area contributed by atoms with Crippen LogP contribution in [0.1, 0.15) is 44.5 Å². The van der Waals surface area contributed by atoms with Gasteiger partial charge in [0.05, 0.1) is 24.1 Å². The van der Waals surface area contributed by atoms with E-state index in [1.54, 1.807) is 7.11 Å². The van der Waals surface area contributed by atoms with Gasteiger partial charge in [-0.05, 0) is 50.6 Å². The average Bonchev–Trinajstić information content (AvgIpc) is 3.53. The quantitative estimate of drug-likeness (QED) is 0.653. The summed E-state index contributed by atoms with van der Waals surface area (Å²) >= 11 is 0. The molecule has 0 radical (unpaired) electrons. The first-order valence-corrected chi connectivity index (χ1v) is 11.6. The number of methoxy groups -OCH3 is 1. The number of urea groups is 1. The zero-order valence-electron chi connectivity index (χ0n) is 20.9. The van der Waals surface area contributed by atoms with Crippen molar-refractivity contribution in [2.24, 2.45) is 12.1 Å². The summed E-state index contributed by atoms with van der Waals surface area (Å²) < 4.78 is 18.1. The molecule has 1 unspecified atom stereocenters. The van der Waals surface area contributed by atoms with E-state index >= 15 is 0 Å². The highest BCUT2D eigenvalue weighted by Crippen LogP contribution is 2.39. The van der Waals surface area contributed by atoms with Gasteiger partial charge in [-0.1, -0.05) is 6.07 Å². The van der Waals surface area contributed by atoms with Crippen molar-refractivity contribution in [2.75, 3.05) is 33.6 Å². The highest BCUT2D eigenvalue weighted by molar-refractivity contribution is 6.02. The van der Waals surface area contributed by atoms with E-state index in [0.29, 0.717) is 24.5 Å². The fourth-order valence-electron chi connectivity index (χ4n) is 4.13. The van der Waals surface area contributed by atoms with Crippen molar-refractivity contribution in [3.63, 3.8) is 0 Å². The number of carbonyl (C=O) groups excluding carboxylic acids is 2. The summed E-state index contributed by atoms with van der Waals surface area (Å²) in [4.78, 5) is 28.0. The third-order valence-electron chi connectivity index (χ3n) is 5.85. The van der Waals surface area contributed by atoms with Crippen LogP contribution in [0.15, 0.2) is 41.6 Å². The Morgan fingerprint density at radius 1 is 1.23 bits per heavy atom. The van der Waals surface area contributed by atoms with E-state index in [1.807, 2.05) is 68.9 Å². The molecule has 1 aromatic carbocycles. The van der Waals surface area contributed by atoms with Gasteiger partial charge in [-0.25, -0.2) is 9.80 Å². The summed E-state index contributed by atoms with van der Waals surface area (Å²) in [6.45, 7) is 6.33. The molecule has 1 N–H and O–H groups in total. The number of fused-ring (bicyclic) bond motifs is 1. The molecule has 10 heteroatoms. The van der Waals surface area contributed by atoms with Gasteiger partial charge in [0.25, 0.3) is 5.91 Å². The second-order valence-corrected chi connectivity index (χ2v) is 9.72. The zero-order chi connectivity index (χ0) is 25.2. The van der Waals surface area contributed by atoms with Crippen molar-refractivity contribution >= 4 is 17.6 Å². The molecular formula is C25H33N5O5. The molecule has 188 valence electrons. The van der Waals surface area contributed by atoms with Crippen LogP contribution >= 0.6 is 0 Å². The number of benzene rings is 1. The number of nitrogens with one attached hydrogen (secondary N) is 1. The summed E-state index contributed by atoms with van der Waals surface area (Å²) in [5, 5.41) is 9.14. The van der Waals surface area contributed by atoms with Crippen LogP contribution in [0.4, 0.5) is 4.79 Å². The third kappa shape index (κ3) is 5.59. The van der Waals surface area contributed by atoms with Crippen LogP contribution in [0.3, 0.4) is 0 Å². The van der Waals surface area contributed by atoms with E-state index < -0.39 is 5.54 Å². The van der Waals surface area contributed by atoms with Crippen LogP contribution in [-0.2, 0) is 16.6 Å². The van der Waals surface area contributed by atoms with Crippen molar-refractivity contribution in [3.8, 4) is 11.5 Å². The van der Waals surface area contributed by atoms with Crippen LogP contribution < -0.4 is 14.8 Å². The molecule has 0 aliphatic carbocycles. The van der Waals surface area contributed by atoms with Gasteiger partial charge < -0.3 is 29.0 Å². The van der Waals surface area contributed by atoms with Crippen molar-refractivity contribution in [1.82, 2.24) is 19.8 Å². The maximum atomic E-state index is 13.6. The Morgan fingerprint density at radius 2 is 2.00 bits per heavy atom. The number of aryl methyl sites for hydroxylation is 1. The highest BCUT2D eigenvalue weighted by Gasteiger charge is 2.36. The van der Waals surface area contributed by atoms with Crippen LogP contribution in [0.25, 0.3) is 0 Å². The molecule has 0 spiro atoms. The molecule has 0 bridgehead atoms. The van der Waals surface area contributed by atoms with Gasteiger partial charge in [-0.2, -0.15) is 5.10 Å². The Balaban J connectivity index is 1.61. The Bertz CT molecular complexity index is 1120. The molecule has 35 heavy (non-hydrogen) atoms. The van der Waals surface area contributed by atoms with Gasteiger partial charge in [0.1, 0.15) is 6.54 Å². The second-order valence-electron chi connectivity index (χ2n) is 9.72. The standard InChI is InChI=1S/C25H33N5O5/c1-25(2,3)26-24(32)29(11-12-33-5)15-23(31)30-20(14-18(27-30)19-7-6-10-28(19)4)17-8-9-21-22(13-17)35-16-34-21/h6-10,13,20H,11-12,14-16H2,1-5H3,(H,26,32). The van der Waals surface area contributed by atoms with Crippen LogP contribution in [0.2, 0.25) is 0 Å². The molecule has 4 rings (SSSR count). The summed E-state index contributed by atoms with van der Waals surface area (Å²) in [7, 11) is 3.51. The number of hydrogen-bond acceptors (Lipinski definition) is 6. The second kappa shape index (κ2) is 9.99. The monoisotopic (exact) mass is 483 g/mol. The Labute approximate surface area is 205 Å². The fourth-order valence-corrected chi connectivity index (χ4v) is 4.13. The lowest BCUT2D eigenvalue weighted by molar-refractivity contribution is -0.133. The van der Waals surface area contributed by atoms with E-state index in [2.05, 4.69) is 5.32 Å². The maximum Gasteiger partial charge on any atom is 0.318 e. The normalized spacial score (nSPS) is 16.9. The van der Waals surface area contributed by atoms with Crippen LogP contribution in [0.5, 0.6) is 11.5 Å². The van der Waals surface area contributed by atoms with Gasteiger partial charge in [0.15, 0.2) is 11.5 Å². The number of aromatic nitrogens is 1. The smallest absolute Gasteiger partial charge is 0.318 e. The Morgan fingerprint density at radius 3 is 2.69 bits per heavy atom. The number of amides is 3. The van der Waals surface area contributed by atoms with E-state index in [0.717, 1.165) is 17.0 Å². The molecule has 0 saturated carbocycles. The van der Waals surface area contributed by atoms with E-state index in [9.17, 15) is 9.59 Å². The molecule has 2 aliphatic heterocycles. The fraction of sp³-hybridized carbons (Fsp3) is 0.480. The molecule has 1 aromatic heterocycles. The summed E-state index contributed by atoms with van der Waals surface area (Å²) in [6.07, 6.45) is 2.48. The van der Waals surface area contributed by atoms with Crippen molar-refractivity contribution in [3.05, 3.63) is 47.8 Å². The predicted molar refractivity (Wildman–Crippen MR) is 130 cm³/mol. The molecule has 0 fully saturated rings. The molecular weight excluding hydrogens is 450 g/mol. The first-order valence-electron chi connectivity index (χ1n) is 11.6. The predicted octanol–water partition coefficient (Wildman–Crippen LogP) is 2.89. The van der Waals surface area contributed by atoms with Crippen LogP contribution in [-0.4, -0.2) is 71.3 Å². The van der Waals surface area contributed by atoms with Crippen molar-refractivity contribution < 1.29 is 23.8 Å². The average molecular weight is 484 g/mol. The molecule has 1 atom stereocenters. The lowest BCUT2D eigenvalue weighted by atomic mass is 10.00. The molecule has 0 saturated heterocycles. The lowest BCUT2D eigenvalue weighted by Crippen LogP contribution is -2.52. The summed E-state index contributed by atoms with van der Waals surface area (Å²) in [5.41, 5.74) is 2.19. The minimum atomic E-state index is -0.439. The SMILES string of the molecule is COCCN(CC(=O)N1N=C(c2cccn2C)CC1c1ccc2c(c1)OCO2)C(=O)NC(C)(C)C. The Hall–Kier alpha value is -3.53. The zero-order valence-corrected chi connectivity index (χ0v) is 20.9. The maximum absolute atomic E-state index is 13.6. The first-order chi connectivity index (χ1) is 16.7.